The average Bonchev–Trinajstić information content (AvgIpc) is 3.47. The SMILES string of the molecule is CC1CCN(C(=S)Nc2ccc3nc(-c4cccs4)c(-c4cccs4)nc3c2)CC1. The van der Waals surface area contributed by atoms with Crippen LogP contribution in [0.5, 0.6) is 0 Å². The van der Waals surface area contributed by atoms with E-state index in [1.807, 2.05) is 12.1 Å². The molecule has 1 saturated heterocycles. The van der Waals surface area contributed by atoms with Gasteiger partial charge in [0.05, 0.1) is 20.8 Å². The Morgan fingerprint density at radius 1 is 0.967 bits per heavy atom. The Balaban J connectivity index is 1.48. The van der Waals surface area contributed by atoms with Crippen LogP contribution in [-0.2, 0) is 0 Å². The first-order valence-electron chi connectivity index (χ1n) is 10.1. The minimum absolute atomic E-state index is 0.785. The summed E-state index contributed by atoms with van der Waals surface area (Å²) >= 11 is 9.04. The maximum Gasteiger partial charge on any atom is 0.173 e. The Hall–Kier alpha value is -2.35. The topological polar surface area (TPSA) is 41.0 Å². The summed E-state index contributed by atoms with van der Waals surface area (Å²) < 4.78 is 0. The third-order valence-corrected chi connectivity index (χ3v) is 7.61. The van der Waals surface area contributed by atoms with E-state index in [0.717, 1.165) is 62.0 Å². The number of thiocarbonyl (C=S) groups is 1. The Morgan fingerprint density at radius 2 is 1.60 bits per heavy atom. The highest BCUT2D eigenvalue weighted by atomic mass is 32.1. The maximum atomic E-state index is 5.66. The number of piperidine rings is 1. The lowest BCUT2D eigenvalue weighted by atomic mass is 10.00. The number of rotatable bonds is 3. The van der Waals surface area contributed by atoms with Gasteiger partial charge in [0.2, 0.25) is 0 Å². The van der Waals surface area contributed by atoms with Gasteiger partial charge in [0.25, 0.3) is 0 Å². The van der Waals surface area contributed by atoms with Gasteiger partial charge in [0, 0.05) is 18.8 Å². The van der Waals surface area contributed by atoms with Gasteiger partial charge < -0.3 is 10.2 Å². The third-order valence-electron chi connectivity index (χ3n) is 5.50. The number of hydrogen-bond donors (Lipinski definition) is 1. The average molecular weight is 451 g/mol. The van der Waals surface area contributed by atoms with Crippen molar-refractivity contribution in [2.45, 2.75) is 19.8 Å². The summed E-state index contributed by atoms with van der Waals surface area (Å²) in [5, 5.41) is 8.36. The molecule has 7 heteroatoms. The quantitative estimate of drug-likeness (QED) is 0.360. The van der Waals surface area contributed by atoms with E-state index in [-0.39, 0.29) is 0 Å². The largest absolute Gasteiger partial charge is 0.349 e. The lowest BCUT2D eigenvalue weighted by Crippen LogP contribution is -2.40. The highest BCUT2D eigenvalue weighted by Crippen LogP contribution is 2.35. The number of hydrogen-bond acceptors (Lipinski definition) is 5. The molecular formula is C23H22N4S3. The Morgan fingerprint density at radius 3 is 2.20 bits per heavy atom. The monoisotopic (exact) mass is 450 g/mol. The van der Waals surface area contributed by atoms with Gasteiger partial charge >= 0.3 is 0 Å². The van der Waals surface area contributed by atoms with E-state index in [1.165, 1.54) is 12.8 Å². The van der Waals surface area contributed by atoms with Crippen LogP contribution in [0.3, 0.4) is 0 Å². The molecule has 4 heterocycles. The first kappa shape index (κ1) is 19.6. The molecule has 4 nitrogen and oxygen atoms in total. The predicted molar refractivity (Wildman–Crippen MR) is 132 cm³/mol. The summed E-state index contributed by atoms with van der Waals surface area (Å²) in [7, 11) is 0. The van der Waals surface area contributed by atoms with Crippen molar-refractivity contribution in [3.8, 4) is 21.1 Å². The van der Waals surface area contributed by atoms with Crippen molar-refractivity contribution >= 4 is 56.7 Å². The minimum Gasteiger partial charge on any atom is -0.349 e. The second-order valence-electron chi connectivity index (χ2n) is 7.68. The molecule has 4 aromatic rings. The van der Waals surface area contributed by atoms with Crippen molar-refractivity contribution in [3.63, 3.8) is 0 Å². The normalized spacial score (nSPS) is 14.9. The van der Waals surface area contributed by atoms with Gasteiger partial charge in [0.1, 0.15) is 11.4 Å². The maximum absolute atomic E-state index is 5.66. The fraction of sp³-hybridized carbons (Fsp3) is 0.261. The van der Waals surface area contributed by atoms with Gasteiger partial charge in [-0.3, -0.25) is 0 Å². The number of aromatic nitrogens is 2. The van der Waals surface area contributed by atoms with Crippen LogP contribution in [0.1, 0.15) is 19.8 Å². The summed E-state index contributed by atoms with van der Waals surface area (Å²) in [6, 6.07) is 14.4. The fourth-order valence-electron chi connectivity index (χ4n) is 3.72. The van der Waals surface area contributed by atoms with Gasteiger partial charge in [0.15, 0.2) is 5.11 Å². The number of nitrogens with zero attached hydrogens (tertiary/aromatic N) is 3. The van der Waals surface area contributed by atoms with Gasteiger partial charge in [-0.15, -0.1) is 22.7 Å². The van der Waals surface area contributed by atoms with Crippen LogP contribution < -0.4 is 5.32 Å². The summed E-state index contributed by atoms with van der Waals surface area (Å²) in [5.41, 5.74) is 4.60. The molecule has 30 heavy (non-hydrogen) atoms. The minimum atomic E-state index is 0.785. The van der Waals surface area contributed by atoms with Crippen molar-refractivity contribution in [1.82, 2.24) is 14.9 Å². The standard InChI is InChI=1S/C23H22N4S3/c1-15-8-10-27(11-9-15)23(28)24-16-6-7-17-18(14-16)26-22(20-5-3-13-30-20)21(25-17)19-4-2-12-29-19/h2-7,12-15H,8-11H2,1H3,(H,24,28). The molecule has 152 valence electrons. The number of benzene rings is 1. The molecule has 0 amide bonds. The zero-order valence-electron chi connectivity index (χ0n) is 16.7. The first-order valence-corrected chi connectivity index (χ1v) is 12.3. The summed E-state index contributed by atoms with van der Waals surface area (Å²) in [5.74, 6) is 0.785. The lowest BCUT2D eigenvalue weighted by molar-refractivity contribution is 0.283. The smallest absolute Gasteiger partial charge is 0.173 e. The molecule has 0 atom stereocenters. The molecule has 0 radical (unpaired) electrons. The molecule has 5 rings (SSSR count). The van der Waals surface area contributed by atoms with Crippen LogP contribution in [0.2, 0.25) is 0 Å². The van der Waals surface area contributed by atoms with Crippen molar-refractivity contribution in [1.29, 1.82) is 0 Å². The Bertz CT molecular complexity index is 1160. The number of likely N-dealkylation sites (tertiary alicyclic amines) is 1. The molecule has 3 aromatic heterocycles. The van der Waals surface area contributed by atoms with Crippen molar-refractivity contribution in [3.05, 3.63) is 53.2 Å². The fourth-order valence-corrected chi connectivity index (χ4v) is 5.45. The van der Waals surface area contributed by atoms with Gasteiger partial charge in [-0.05, 0) is 72.1 Å². The van der Waals surface area contributed by atoms with Crippen LogP contribution in [0.15, 0.2) is 53.2 Å². The summed E-state index contributed by atoms with van der Waals surface area (Å²) in [6.45, 7) is 4.35. The highest BCUT2D eigenvalue weighted by Gasteiger charge is 2.19. The molecule has 0 aliphatic carbocycles. The molecule has 0 spiro atoms. The molecule has 0 bridgehead atoms. The zero-order chi connectivity index (χ0) is 20.5. The van der Waals surface area contributed by atoms with E-state index in [2.05, 4.69) is 58.2 Å². The van der Waals surface area contributed by atoms with E-state index in [1.54, 1.807) is 22.7 Å². The first-order chi connectivity index (χ1) is 14.7. The molecule has 1 N–H and O–H groups in total. The summed E-state index contributed by atoms with van der Waals surface area (Å²) in [4.78, 5) is 14.5. The molecule has 1 aromatic carbocycles. The number of fused-ring (bicyclic) bond motifs is 1. The second-order valence-corrected chi connectivity index (χ2v) is 9.96. The van der Waals surface area contributed by atoms with E-state index < -0.39 is 0 Å². The van der Waals surface area contributed by atoms with Crippen LogP contribution in [-0.4, -0.2) is 33.1 Å². The van der Waals surface area contributed by atoms with Crippen LogP contribution in [0.25, 0.3) is 32.2 Å². The van der Waals surface area contributed by atoms with Gasteiger partial charge in [-0.2, -0.15) is 0 Å². The summed E-state index contributed by atoms with van der Waals surface area (Å²) in [6.07, 6.45) is 2.39. The molecular weight excluding hydrogens is 428 g/mol. The van der Waals surface area contributed by atoms with Crippen LogP contribution in [0.4, 0.5) is 5.69 Å². The van der Waals surface area contributed by atoms with Crippen LogP contribution in [0, 0.1) is 5.92 Å². The van der Waals surface area contributed by atoms with Gasteiger partial charge in [-0.25, -0.2) is 9.97 Å². The lowest BCUT2D eigenvalue weighted by Gasteiger charge is -2.32. The third kappa shape index (κ3) is 3.97. The van der Waals surface area contributed by atoms with E-state index >= 15 is 0 Å². The Labute approximate surface area is 189 Å². The predicted octanol–water partition coefficient (Wildman–Crippen LogP) is 6.52. The molecule has 0 unspecified atom stereocenters. The zero-order valence-corrected chi connectivity index (χ0v) is 19.1. The van der Waals surface area contributed by atoms with Crippen LogP contribution >= 0.6 is 34.9 Å². The van der Waals surface area contributed by atoms with Crippen molar-refractivity contribution in [2.24, 2.45) is 5.92 Å². The van der Waals surface area contributed by atoms with E-state index in [0.29, 0.717) is 0 Å². The second kappa shape index (κ2) is 8.41. The molecule has 0 saturated carbocycles. The number of anilines is 1. The molecule has 1 fully saturated rings. The number of thiophene rings is 2. The van der Waals surface area contributed by atoms with E-state index in [9.17, 15) is 0 Å². The molecule has 1 aliphatic rings. The highest BCUT2D eigenvalue weighted by molar-refractivity contribution is 7.80. The Kier molecular flexibility index (Phi) is 5.50. The van der Waals surface area contributed by atoms with Crippen molar-refractivity contribution < 1.29 is 0 Å². The molecule has 1 aliphatic heterocycles. The van der Waals surface area contributed by atoms with Gasteiger partial charge in [-0.1, -0.05) is 19.1 Å². The van der Waals surface area contributed by atoms with E-state index in [4.69, 9.17) is 22.2 Å². The van der Waals surface area contributed by atoms with Crippen molar-refractivity contribution in [2.75, 3.05) is 18.4 Å². The number of nitrogens with one attached hydrogen (secondary N) is 1.